The molecule has 0 aliphatic carbocycles. The van der Waals surface area contributed by atoms with Crippen molar-refractivity contribution >= 4 is 23.4 Å². The number of para-hydroxylation sites is 1. The quantitative estimate of drug-likeness (QED) is 0.516. The summed E-state index contributed by atoms with van der Waals surface area (Å²) in [7, 11) is 0. The summed E-state index contributed by atoms with van der Waals surface area (Å²) in [5, 5.41) is 3.91. The largest absolute Gasteiger partial charge is 0.369 e. The second-order valence-corrected chi connectivity index (χ2v) is 8.64. The minimum atomic E-state index is 0.0949. The Morgan fingerprint density at radius 3 is 2.33 bits per heavy atom. The second kappa shape index (κ2) is 10.8. The van der Waals surface area contributed by atoms with E-state index in [0.29, 0.717) is 25.4 Å². The molecule has 162 valence electrons. The van der Waals surface area contributed by atoms with Gasteiger partial charge in [0.25, 0.3) is 0 Å². The molecule has 2 heterocycles. The van der Waals surface area contributed by atoms with Gasteiger partial charge in [-0.15, -0.1) is 0 Å². The first-order valence-corrected chi connectivity index (χ1v) is 11.9. The van der Waals surface area contributed by atoms with Gasteiger partial charge in [0.15, 0.2) is 5.16 Å². The molecule has 1 N–H and O–H groups in total. The number of aromatic nitrogens is 2. The number of rotatable bonds is 8. The molecule has 1 saturated heterocycles. The molecule has 7 heteroatoms. The van der Waals surface area contributed by atoms with E-state index in [-0.39, 0.29) is 5.91 Å². The van der Waals surface area contributed by atoms with Crippen molar-refractivity contribution in [1.82, 2.24) is 20.2 Å². The highest BCUT2D eigenvalue weighted by Gasteiger charge is 2.21. The molecule has 2 aromatic rings. The highest BCUT2D eigenvalue weighted by atomic mass is 32.2. The topological polar surface area (TPSA) is 61.4 Å². The maximum Gasteiger partial charge on any atom is 0.220 e. The van der Waals surface area contributed by atoms with Crippen molar-refractivity contribution in [3.63, 3.8) is 0 Å². The monoisotopic (exact) mass is 427 g/mol. The predicted molar refractivity (Wildman–Crippen MR) is 124 cm³/mol. The van der Waals surface area contributed by atoms with Gasteiger partial charge < -0.3 is 10.2 Å². The lowest BCUT2D eigenvalue weighted by Gasteiger charge is -2.39. The smallest absolute Gasteiger partial charge is 0.220 e. The van der Waals surface area contributed by atoms with Crippen LogP contribution in [0.3, 0.4) is 0 Å². The maximum absolute atomic E-state index is 12.4. The molecule has 1 aromatic carbocycles. The molecule has 1 aliphatic rings. The summed E-state index contributed by atoms with van der Waals surface area (Å²) in [4.78, 5) is 26.3. The molecule has 6 nitrogen and oxygen atoms in total. The van der Waals surface area contributed by atoms with Gasteiger partial charge >= 0.3 is 0 Å². The zero-order valence-corrected chi connectivity index (χ0v) is 19.3. The number of piperazine rings is 1. The van der Waals surface area contributed by atoms with Gasteiger partial charge in [-0.05, 0) is 51.1 Å². The Morgan fingerprint density at radius 2 is 1.73 bits per heavy atom. The Kier molecular flexibility index (Phi) is 8.10. The van der Waals surface area contributed by atoms with E-state index in [1.54, 1.807) is 11.8 Å². The molecule has 30 heavy (non-hydrogen) atoms. The zero-order chi connectivity index (χ0) is 21.5. The minimum absolute atomic E-state index is 0.0949. The molecule has 3 rings (SSSR count). The van der Waals surface area contributed by atoms with Gasteiger partial charge in [-0.1, -0.05) is 30.0 Å². The summed E-state index contributed by atoms with van der Waals surface area (Å²) in [6.45, 7) is 11.0. The van der Waals surface area contributed by atoms with Gasteiger partial charge in [-0.25, -0.2) is 9.97 Å². The highest BCUT2D eigenvalue weighted by molar-refractivity contribution is 7.98. The van der Waals surface area contributed by atoms with E-state index in [1.165, 1.54) is 5.69 Å². The van der Waals surface area contributed by atoms with Crippen molar-refractivity contribution in [3.8, 4) is 0 Å². The SMILES string of the molecule is CSc1nc(C)c(CCC(=O)NCC(C)N2CCN(c3ccccc3)CC2)c(C)n1. The number of nitrogens with zero attached hydrogens (tertiary/aromatic N) is 4. The third-order valence-electron chi connectivity index (χ3n) is 5.84. The van der Waals surface area contributed by atoms with Gasteiger partial charge in [0.1, 0.15) is 0 Å². The van der Waals surface area contributed by atoms with Crippen LogP contribution in [0.5, 0.6) is 0 Å². The fraction of sp³-hybridized carbons (Fsp3) is 0.522. The standard InChI is InChI=1S/C23H33N5OS/c1-17(27-12-14-28(15-13-27)20-8-6-5-7-9-20)16-24-22(29)11-10-21-18(2)25-23(30-4)26-19(21)3/h5-9,17H,10-16H2,1-4H3,(H,24,29). The first-order chi connectivity index (χ1) is 14.5. The fourth-order valence-electron chi connectivity index (χ4n) is 3.94. The summed E-state index contributed by atoms with van der Waals surface area (Å²) in [6.07, 6.45) is 3.13. The van der Waals surface area contributed by atoms with Crippen LogP contribution >= 0.6 is 11.8 Å². The molecule has 1 aliphatic heterocycles. The minimum Gasteiger partial charge on any atom is -0.369 e. The summed E-state index contributed by atoms with van der Waals surface area (Å²) in [5.74, 6) is 0.0949. The molecule has 1 aromatic heterocycles. The van der Waals surface area contributed by atoms with Crippen LogP contribution in [-0.4, -0.2) is 65.8 Å². The maximum atomic E-state index is 12.4. The van der Waals surface area contributed by atoms with E-state index in [0.717, 1.165) is 48.3 Å². The van der Waals surface area contributed by atoms with Crippen LogP contribution in [0.2, 0.25) is 0 Å². The molecule has 1 amide bonds. The lowest BCUT2D eigenvalue weighted by Crippen LogP contribution is -2.52. The molecular formula is C23H33N5OS. The van der Waals surface area contributed by atoms with Gasteiger partial charge in [0, 0.05) is 62.3 Å². The van der Waals surface area contributed by atoms with Crippen molar-refractivity contribution in [2.75, 3.05) is 43.9 Å². The molecule has 0 bridgehead atoms. The van der Waals surface area contributed by atoms with Crippen molar-refractivity contribution in [2.45, 2.75) is 44.8 Å². The second-order valence-electron chi connectivity index (χ2n) is 7.87. The average molecular weight is 428 g/mol. The molecule has 1 unspecified atom stereocenters. The van der Waals surface area contributed by atoms with Crippen LogP contribution in [0.15, 0.2) is 35.5 Å². The zero-order valence-electron chi connectivity index (χ0n) is 18.5. The fourth-order valence-corrected chi connectivity index (χ4v) is 4.40. The van der Waals surface area contributed by atoms with Gasteiger partial charge in [0.05, 0.1) is 0 Å². The first-order valence-electron chi connectivity index (χ1n) is 10.7. The third kappa shape index (κ3) is 5.95. The van der Waals surface area contributed by atoms with Gasteiger partial charge in [-0.3, -0.25) is 9.69 Å². The summed E-state index contributed by atoms with van der Waals surface area (Å²) < 4.78 is 0. The van der Waals surface area contributed by atoms with Crippen LogP contribution in [0.4, 0.5) is 5.69 Å². The highest BCUT2D eigenvalue weighted by Crippen LogP contribution is 2.18. The lowest BCUT2D eigenvalue weighted by molar-refractivity contribution is -0.121. The number of hydrogen-bond donors (Lipinski definition) is 1. The Balaban J connectivity index is 1.41. The third-order valence-corrected chi connectivity index (χ3v) is 6.39. The molecule has 0 radical (unpaired) electrons. The van der Waals surface area contributed by atoms with Crippen molar-refractivity contribution in [3.05, 3.63) is 47.3 Å². The Hall–Kier alpha value is -2.12. The van der Waals surface area contributed by atoms with Crippen molar-refractivity contribution in [2.24, 2.45) is 0 Å². The van der Waals surface area contributed by atoms with E-state index < -0.39 is 0 Å². The van der Waals surface area contributed by atoms with E-state index in [9.17, 15) is 4.79 Å². The van der Waals surface area contributed by atoms with E-state index >= 15 is 0 Å². The number of carbonyl (C=O) groups is 1. The Bertz CT molecular complexity index is 814. The Morgan fingerprint density at radius 1 is 1.10 bits per heavy atom. The number of aryl methyl sites for hydroxylation is 2. The van der Waals surface area contributed by atoms with Crippen molar-refractivity contribution in [1.29, 1.82) is 0 Å². The van der Waals surface area contributed by atoms with E-state index in [2.05, 4.69) is 62.3 Å². The van der Waals surface area contributed by atoms with E-state index in [4.69, 9.17) is 0 Å². The molecule has 0 spiro atoms. The van der Waals surface area contributed by atoms with Crippen LogP contribution < -0.4 is 10.2 Å². The summed E-state index contributed by atoms with van der Waals surface area (Å²) >= 11 is 1.54. The lowest BCUT2D eigenvalue weighted by atomic mass is 10.1. The average Bonchev–Trinajstić information content (AvgIpc) is 2.77. The number of nitrogens with one attached hydrogen (secondary N) is 1. The van der Waals surface area contributed by atoms with Gasteiger partial charge in [0.2, 0.25) is 5.91 Å². The number of benzene rings is 1. The molecule has 1 atom stereocenters. The van der Waals surface area contributed by atoms with Crippen molar-refractivity contribution < 1.29 is 4.79 Å². The number of thioether (sulfide) groups is 1. The first kappa shape index (κ1) is 22.6. The summed E-state index contributed by atoms with van der Waals surface area (Å²) in [6, 6.07) is 10.9. The van der Waals surface area contributed by atoms with Crippen LogP contribution in [0.25, 0.3) is 0 Å². The predicted octanol–water partition coefficient (Wildman–Crippen LogP) is 3.07. The van der Waals surface area contributed by atoms with Gasteiger partial charge in [-0.2, -0.15) is 0 Å². The van der Waals surface area contributed by atoms with Crippen LogP contribution in [0, 0.1) is 13.8 Å². The molecule has 0 saturated carbocycles. The van der Waals surface area contributed by atoms with Crippen LogP contribution in [-0.2, 0) is 11.2 Å². The Labute approximate surface area is 184 Å². The number of amides is 1. The van der Waals surface area contributed by atoms with Crippen LogP contribution in [0.1, 0.15) is 30.3 Å². The number of hydrogen-bond acceptors (Lipinski definition) is 6. The normalized spacial score (nSPS) is 15.8. The number of carbonyl (C=O) groups excluding carboxylic acids is 1. The molecule has 1 fully saturated rings. The number of anilines is 1. The molecular weight excluding hydrogens is 394 g/mol. The summed E-state index contributed by atoms with van der Waals surface area (Å²) in [5.41, 5.74) is 4.33. The van der Waals surface area contributed by atoms with E-state index in [1.807, 2.05) is 20.1 Å².